The molecule has 0 fully saturated rings. The number of Topliss-reactive ketones (excluding diaryl/α,β-unsaturated/α-hetero) is 2. The lowest BCUT2D eigenvalue weighted by Gasteiger charge is -2.36. The average Bonchev–Trinajstić information content (AvgIpc) is 3.83. The minimum absolute atomic E-state index is 0.00102. The fourth-order valence-corrected chi connectivity index (χ4v) is 8.91. The van der Waals surface area contributed by atoms with Crippen LogP contribution in [-0.4, -0.2) is 113 Å². The van der Waals surface area contributed by atoms with Crippen LogP contribution in [0.5, 0.6) is 0 Å². The molecule has 0 saturated carbocycles. The number of carbonyl (C=O) groups excluding carboxylic acids is 8. The van der Waals surface area contributed by atoms with Gasteiger partial charge in [0.25, 0.3) is 0 Å². The molecule has 2 aliphatic heterocycles. The predicted octanol–water partition coefficient (Wildman–Crippen LogP) is 5.99. The number of aliphatic hydroxyl groups excluding tert-OH is 3. The third kappa shape index (κ3) is 18.3. The highest BCUT2D eigenvalue weighted by atomic mass is 16.6. The zero-order chi connectivity index (χ0) is 59.8. The summed E-state index contributed by atoms with van der Waals surface area (Å²) in [5.74, 6) is -9.57. The summed E-state index contributed by atoms with van der Waals surface area (Å²) in [6.07, 6.45) is 17.8. The number of rotatable bonds is 24. The average molecular weight is 1110 g/mol. The maximum atomic E-state index is 13.3. The number of allylic oxidation sites excluding steroid dienone is 20. The first-order valence-corrected chi connectivity index (χ1v) is 26.0. The minimum atomic E-state index is -1.70. The molecule has 0 radical (unpaired) electrons. The van der Waals surface area contributed by atoms with E-state index in [1.807, 2.05) is 140 Å². The molecule has 2 heterocycles. The highest BCUT2D eigenvalue weighted by molar-refractivity contribution is 6.02. The molecule has 0 aromatic rings. The zero-order valence-electron chi connectivity index (χ0n) is 47.1. The van der Waals surface area contributed by atoms with E-state index in [9.17, 15) is 63.9 Å². The van der Waals surface area contributed by atoms with Gasteiger partial charge in [-0.05, 0) is 92.9 Å². The normalized spacial score (nSPS) is 23.1. The van der Waals surface area contributed by atoms with Crippen molar-refractivity contribution in [2.75, 3.05) is 13.2 Å². The van der Waals surface area contributed by atoms with Crippen molar-refractivity contribution < 1.29 is 92.3 Å². The van der Waals surface area contributed by atoms with Gasteiger partial charge in [-0.15, -0.1) is 0 Å². The molecule has 2 aliphatic carbocycles. The molecule has 432 valence electrons. The highest BCUT2D eigenvalue weighted by Gasteiger charge is 2.42. The molecule has 0 aromatic carbocycles. The van der Waals surface area contributed by atoms with Crippen molar-refractivity contribution in [3.8, 4) is 0 Å². The van der Waals surface area contributed by atoms with E-state index in [-0.39, 0.29) is 42.8 Å². The third-order valence-electron chi connectivity index (χ3n) is 13.5. The Morgan fingerprint density at radius 3 is 1.29 bits per heavy atom. The van der Waals surface area contributed by atoms with E-state index in [2.05, 4.69) is 4.74 Å². The quantitative estimate of drug-likeness (QED) is 0.0568. The zero-order valence-corrected chi connectivity index (χ0v) is 47.1. The van der Waals surface area contributed by atoms with Crippen molar-refractivity contribution in [1.29, 1.82) is 0 Å². The molecule has 0 spiro atoms. The maximum Gasteiger partial charge on any atom is 0.327 e. The van der Waals surface area contributed by atoms with Crippen LogP contribution in [0.2, 0.25) is 0 Å². The summed E-state index contributed by atoms with van der Waals surface area (Å²) >= 11 is 0. The van der Waals surface area contributed by atoms with Crippen molar-refractivity contribution in [3.05, 3.63) is 152 Å². The monoisotopic (exact) mass is 1110 g/mol. The second-order valence-electron chi connectivity index (χ2n) is 21.2. The smallest absolute Gasteiger partial charge is 0.327 e. The molecule has 80 heavy (non-hydrogen) atoms. The number of esters is 6. The van der Waals surface area contributed by atoms with E-state index in [0.29, 0.717) is 11.1 Å². The third-order valence-corrected chi connectivity index (χ3v) is 13.5. The van der Waals surface area contributed by atoms with E-state index in [1.54, 1.807) is 13.8 Å². The van der Waals surface area contributed by atoms with Crippen molar-refractivity contribution in [2.45, 2.75) is 151 Å². The molecule has 0 amide bonds. The van der Waals surface area contributed by atoms with Crippen LogP contribution in [0.4, 0.5) is 0 Å². The van der Waals surface area contributed by atoms with Crippen LogP contribution >= 0.6 is 0 Å². The van der Waals surface area contributed by atoms with E-state index < -0.39 is 127 Å². The van der Waals surface area contributed by atoms with Gasteiger partial charge < -0.3 is 54.0 Å². The molecule has 0 aromatic heterocycles. The molecule has 0 saturated heterocycles. The summed E-state index contributed by atoms with van der Waals surface area (Å²) in [6, 6.07) is 0. The van der Waals surface area contributed by atoms with Gasteiger partial charge in [0.2, 0.25) is 0 Å². The van der Waals surface area contributed by atoms with Gasteiger partial charge in [0.15, 0.2) is 36.0 Å². The molecule has 0 bridgehead atoms. The van der Waals surface area contributed by atoms with Crippen LogP contribution < -0.4 is 10.2 Å². The standard InChI is InChI=1S/C61H74O19/c1-34(18-14-20-36(3)22-24-41-38(5)51(68)45(30-60(41,8)9)77-49(66)28-26-47(64)75-32-43(62)56-40(7)53(70)58(73)79-56)16-12-13-17-35(2)19-15-21-37(4)23-25-42-39(6)52(69)46(31-61(42,10)11)78-50(67)29-27-48(65)76-33-44(63)57-54(71)55(72)59(74)80-57/h12-25,43-46,56-57,62-63,70-72H,26-33H2,1-11H3/p-2/b13-12+,18-14+,19-15+,24-22+,25-23+,34-16+,35-17+,36-20+,37-21+. The molecular weight excluding hydrogens is 1040 g/mol. The fraction of sp³-hybridized carbons (Fsp3) is 0.443. The number of ketones is 2. The number of hydrogen-bond donors (Lipinski definition) is 3. The van der Waals surface area contributed by atoms with Crippen LogP contribution in [0.15, 0.2) is 152 Å². The van der Waals surface area contributed by atoms with Gasteiger partial charge in [-0.25, -0.2) is 9.59 Å². The van der Waals surface area contributed by atoms with Gasteiger partial charge in [0.05, 0.1) is 25.7 Å². The first-order chi connectivity index (χ1) is 37.4. The summed E-state index contributed by atoms with van der Waals surface area (Å²) in [6.45, 7) is 19.0. The van der Waals surface area contributed by atoms with Crippen LogP contribution in [-0.2, 0) is 66.8 Å². The Morgan fingerprint density at radius 1 is 0.562 bits per heavy atom. The second-order valence-corrected chi connectivity index (χ2v) is 21.2. The molecule has 4 rings (SSSR count). The van der Waals surface area contributed by atoms with Crippen molar-refractivity contribution >= 4 is 47.4 Å². The second kappa shape index (κ2) is 28.8. The summed E-state index contributed by atoms with van der Waals surface area (Å²) in [5, 5.41) is 52.9. The maximum absolute atomic E-state index is 13.3. The first kappa shape index (κ1) is 64.6. The first-order valence-electron chi connectivity index (χ1n) is 26.0. The Bertz CT molecular complexity index is 2690. The number of aliphatic hydroxyl groups is 3. The highest BCUT2D eigenvalue weighted by Crippen LogP contribution is 2.42. The Morgan fingerprint density at radius 2 is 0.912 bits per heavy atom. The largest absolute Gasteiger partial charge is 0.868 e. The van der Waals surface area contributed by atoms with Crippen LogP contribution in [0.25, 0.3) is 0 Å². The van der Waals surface area contributed by atoms with E-state index in [4.69, 9.17) is 23.7 Å². The lowest BCUT2D eigenvalue weighted by atomic mass is 9.71. The number of hydrogen-bond acceptors (Lipinski definition) is 19. The molecule has 4 aliphatic rings. The molecular formula is C61H72O19-2. The summed E-state index contributed by atoms with van der Waals surface area (Å²) < 4.78 is 30.2. The number of carbonyl (C=O) groups is 8. The minimum Gasteiger partial charge on any atom is -0.868 e. The number of cyclic esters (lactones) is 2. The van der Waals surface area contributed by atoms with Gasteiger partial charge in [-0.3, -0.25) is 28.8 Å². The lowest BCUT2D eigenvalue weighted by molar-refractivity contribution is -0.303. The molecule has 3 N–H and O–H groups in total. The van der Waals surface area contributed by atoms with Gasteiger partial charge in [0, 0.05) is 18.6 Å². The van der Waals surface area contributed by atoms with Gasteiger partial charge in [-0.2, -0.15) is 0 Å². The Balaban J connectivity index is 1.20. The fourth-order valence-electron chi connectivity index (χ4n) is 8.91. The summed E-state index contributed by atoms with van der Waals surface area (Å²) in [7, 11) is 0. The van der Waals surface area contributed by atoms with Gasteiger partial charge >= 0.3 is 35.8 Å². The molecule has 6 atom stereocenters. The Hall–Kier alpha value is -7.90. The van der Waals surface area contributed by atoms with E-state index in [1.165, 1.54) is 6.92 Å². The summed E-state index contributed by atoms with van der Waals surface area (Å²) in [5.41, 5.74) is 5.31. The molecule has 19 heteroatoms. The van der Waals surface area contributed by atoms with Crippen molar-refractivity contribution in [3.63, 3.8) is 0 Å². The summed E-state index contributed by atoms with van der Waals surface area (Å²) in [4.78, 5) is 99.1. The molecule has 19 nitrogen and oxygen atoms in total. The predicted molar refractivity (Wildman–Crippen MR) is 287 cm³/mol. The molecule has 6 unspecified atom stereocenters. The van der Waals surface area contributed by atoms with Gasteiger partial charge in [0.1, 0.15) is 31.2 Å². The van der Waals surface area contributed by atoms with Crippen molar-refractivity contribution in [1.82, 2.24) is 0 Å². The van der Waals surface area contributed by atoms with Gasteiger partial charge in [-0.1, -0.05) is 135 Å². The topological polar surface area (TPSA) is 299 Å². The van der Waals surface area contributed by atoms with E-state index in [0.717, 1.165) is 33.4 Å². The number of ether oxygens (including phenoxy) is 6. The van der Waals surface area contributed by atoms with Crippen LogP contribution in [0, 0.1) is 10.8 Å². The SMILES string of the molecule is CC1=C(/C=C/C(C)=C/C=C/C(C)=C/C=C/C=C(C)/C=C/C=C(C)/C=C/C2=C(C)C(=O)C(OC(=O)CCC(=O)OCC(O)C3OC(=O)C([O-])=C3O)CC2(C)C)C(C)(C)CC(OC(=O)CCC(=O)OCC(O)C2OC(=O)C([O-])=C2C)C1=O. The Labute approximate surface area is 466 Å². The Kier molecular flexibility index (Phi) is 23.3. The lowest BCUT2D eigenvalue weighted by Crippen LogP contribution is -2.39. The van der Waals surface area contributed by atoms with Crippen LogP contribution in [0.3, 0.4) is 0 Å². The van der Waals surface area contributed by atoms with Crippen LogP contribution in [0.1, 0.15) is 115 Å². The van der Waals surface area contributed by atoms with Crippen molar-refractivity contribution in [2.24, 2.45) is 10.8 Å². The van der Waals surface area contributed by atoms with E-state index >= 15 is 0 Å².